The summed E-state index contributed by atoms with van der Waals surface area (Å²) in [5.74, 6) is 0. The first kappa shape index (κ1) is 16.0. The molecular weight excluding hydrogens is 290 g/mol. The molecule has 0 aliphatic heterocycles. The van der Waals surface area contributed by atoms with Crippen molar-refractivity contribution in [3.05, 3.63) is 52.8 Å². The molecule has 0 amide bonds. The molecule has 6 heteroatoms. The van der Waals surface area contributed by atoms with Crippen LogP contribution in [-0.2, 0) is 24.9 Å². The van der Waals surface area contributed by atoms with Gasteiger partial charge in [-0.3, -0.25) is 4.68 Å². The number of halogens is 1. The van der Waals surface area contributed by atoms with E-state index in [1.54, 1.807) is 4.68 Å². The average molecular weight is 310 g/mol. The smallest absolute Gasteiger partial charge is 0.0897 e. The highest BCUT2D eigenvalue weighted by atomic mass is 35.5. The summed E-state index contributed by atoms with van der Waals surface area (Å²) in [6, 6.07) is 9.46. The molecule has 0 radical (unpaired) electrons. The third-order valence-corrected chi connectivity index (χ3v) is 3.35. The Morgan fingerprint density at radius 2 is 2.19 bits per heavy atom. The standard InChI is InChI=1S/C15H20ClN3O2/c1-19-7-6-13(18-19)8-17-9-14(20)11-21-10-12-4-2-3-5-15(12)16/h2-7,14,17,20H,8-11H2,1H3. The second kappa shape index (κ2) is 8.14. The zero-order valence-electron chi connectivity index (χ0n) is 12.0. The Kier molecular flexibility index (Phi) is 6.20. The minimum atomic E-state index is -0.559. The molecule has 0 aliphatic rings. The Bertz CT molecular complexity index is 559. The number of aliphatic hydroxyl groups is 1. The number of aryl methyl sites for hydroxylation is 1. The Morgan fingerprint density at radius 3 is 2.90 bits per heavy atom. The van der Waals surface area contributed by atoms with Gasteiger partial charge < -0.3 is 15.2 Å². The second-order valence-electron chi connectivity index (χ2n) is 4.87. The summed E-state index contributed by atoms with van der Waals surface area (Å²) in [7, 11) is 1.88. The Labute approximate surface area is 129 Å². The van der Waals surface area contributed by atoms with Gasteiger partial charge >= 0.3 is 0 Å². The van der Waals surface area contributed by atoms with Gasteiger partial charge in [0.15, 0.2) is 0 Å². The number of aromatic nitrogens is 2. The van der Waals surface area contributed by atoms with Gasteiger partial charge in [-0.05, 0) is 17.7 Å². The zero-order chi connectivity index (χ0) is 15.1. The van der Waals surface area contributed by atoms with Gasteiger partial charge in [0.05, 0.1) is 25.0 Å². The largest absolute Gasteiger partial charge is 0.389 e. The molecule has 0 saturated heterocycles. The predicted molar refractivity (Wildman–Crippen MR) is 82.0 cm³/mol. The molecule has 1 unspecified atom stereocenters. The van der Waals surface area contributed by atoms with Crippen molar-refractivity contribution in [3.8, 4) is 0 Å². The summed E-state index contributed by atoms with van der Waals surface area (Å²) in [5, 5.41) is 17.9. The van der Waals surface area contributed by atoms with Crippen molar-refractivity contribution in [3.63, 3.8) is 0 Å². The first-order valence-corrected chi connectivity index (χ1v) is 7.21. The molecule has 1 aromatic heterocycles. The van der Waals surface area contributed by atoms with Crippen LogP contribution in [0.4, 0.5) is 0 Å². The predicted octanol–water partition coefficient (Wildman–Crippen LogP) is 1.74. The summed E-state index contributed by atoms with van der Waals surface area (Å²) in [5.41, 5.74) is 1.87. The maximum Gasteiger partial charge on any atom is 0.0897 e. The molecule has 21 heavy (non-hydrogen) atoms. The van der Waals surface area contributed by atoms with Gasteiger partial charge in [0.1, 0.15) is 0 Å². The molecule has 1 atom stereocenters. The second-order valence-corrected chi connectivity index (χ2v) is 5.28. The summed E-state index contributed by atoms with van der Waals surface area (Å²) in [4.78, 5) is 0. The van der Waals surface area contributed by atoms with Gasteiger partial charge in [-0.15, -0.1) is 0 Å². The van der Waals surface area contributed by atoms with Crippen molar-refractivity contribution in [2.45, 2.75) is 19.3 Å². The van der Waals surface area contributed by atoms with Gasteiger partial charge in [-0.25, -0.2) is 0 Å². The van der Waals surface area contributed by atoms with E-state index in [4.69, 9.17) is 16.3 Å². The average Bonchev–Trinajstić information content (AvgIpc) is 2.87. The summed E-state index contributed by atoms with van der Waals surface area (Å²) in [6.07, 6.45) is 1.33. The fourth-order valence-corrected chi connectivity index (χ4v) is 2.09. The van der Waals surface area contributed by atoms with Crippen LogP contribution in [0.1, 0.15) is 11.3 Å². The lowest BCUT2D eigenvalue weighted by Crippen LogP contribution is -2.30. The molecule has 1 heterocycles. The van der Waals surface area contributed by atoms with E-state index in [2.05, 4.69) is 10.4 Å². The number of aliphatic hydroxyl groups excluding tert-OH is 1. The fourth-order valence-electron chi connectivity index (χ4n) is 1.90. The summed E-state index contributed by atoms with van der Waals surface area (Å²) < 4.78 is 7.23. The van der Waals surface area contributed by atoms with Crippen LogP contribution in [0.2, 0.25) is 5.02 Å². The third kappa shape index (κ3) is 5.47. The van der Waals surface area contributed by atoms with Crippen LogP contribution in [0.5, 0.6) is 0 Å². The van der Waals surface area contributed by atoms with E-state index in [0.29, 0.717) is 24.7 Å². The Morgan fingerprint density at radius 1 is 1.38 bits per heavy atom. The highest BCUT2D eigenvalue weighted by molar-refractivity contribution is 6.31. The molecular formula is C15H20ClN3O2. The van der Waals surface area contributed by atoms with Crippen molar-refractivity contribution >= 4 is 11.6 Å². The van der Waals surface area contributed by atoms with E-state index in [0.717, 1.165) is 11.3 Å². The van der Waals surface area contributed by atoms with Gasteiger partial charge in [0, 0.05) is 31.4 Å². The Hall–Kier alpha value is -1.40. The minimum absolute atomic E-state index is 0.264. The maximum atomic E-state index is 9.83. The number of hydrogen-bond donors (Lipinski definition) is 2. The number of hydrogen-bond acceptors (Lipinski definition) is 4. The van der Waals surface area contributed by atoms with Gasteiger partial charge in [0.25, 0.3) is 0 Å². The van der Waals surface area contributed by atoms with Crippen molar-refractivity contribution in [2.75, 3.05) is 13.2 Å². The molecule has 114 valence electrons. The number of nitrogens with zero attached hydrogens (tertiary/aromatic N) is 2. The van der Waals surface area contributed by atoms with Crippen molar-refractivity contribution < 1.29 is 9.84 Å². The maximum absolute atomic E-state index is 9.83. The number of benzene rings is 1. The van der Waals surface area contributed by atoms with Gasteiger partial charge in [-0.2, -0.15) is 5.10 Å². The van der Waals surface area contributed by atoms with E-state index < -0.39 is 6.10 Å². The van der Waals surface area contributed by atoms with E-state index in [9.17, 15) is 5.11 Å². The van der Waals surface area contributed by atoms with Crippen molar-refractivity contribution in [1.29, 1.82) is 0 Å². The quantitative estimate of drug-likeness (QED) is 0.780. The van der Waals surface area contributed by atoms with E-state index >= 15 is 0 Å². The van der Waals surface area contributed by atoms with Crippen LogP contribution in [0.15, 0.2) is 36.5 Å². The monoisotopic (exact) mass is 309 g/mol. The lowest BCUT2D eigenvalue weighted by molar-refractivity contribution is 0.0287. The van der Waals surface area contributed by atoms with Crippen LogP contribution >= 0.6 is 11.6 Å². The van der Waals surface area contributed by atoms with E-state index in [-0.39, 0.29) is 6.61 Å². The first-order chi connectivity index (χ1) is 10.1. The highest BCUT2D eigenvalue weighted by Gasteiger charge is 2.06. The fraction of sp³-hybridized carbons (Fsp3) is 0.400. The molecule has 2 N–H and O–H groups in total. The van der Waals surface area contributed by atoms with Crippen LogP contribution < -0.4 is 5.32 Å². The topological polar surface area (TPSA) is 59.3 Å². The van der Waals surface area contributed by atoms with E-state index in [1.807, 2.05) is 43.6 Å². The van der Waals surface area contributed by atoms with Crippen LogP contribution in [0.25, 0.3) is 0 Å². The molecule has 2 rings (SSSR count). The molecule has 0 spiro atoms. The number of nitrogens with one attached hydrogen (secondary N) is 1. The first-order valence-electron chi connectivity index (χ1n) is 6.83. The van der Waals surface area contributed by atoms with Crippen LogP contribution in [0, 0.1) is 0 Å². The molecule has 0 bridgehead atoms. The molecule has 0 saturated carbocycles. The summed E-state index contributed by atoms with van der Waals surface area (Å²) in [6.45, 7) is 1.75. The molecule has 5 nitrogen and oxygen atoms in total. The Balaban J connectivity index is 1.61. The van der Waals surface area contributed by atoms with Crippen LogP contribution in [0.3, 0.4) is 0 Å². The minimum Gasteiger partial charge on any atom is -0.389 e. The van der Waals surface area contributed by atoms with Gasteiger partial charge in [-0.1, -0.05) is 29.8 Å². The summed E-state index contributed by atoms with van der Waals surface area (Å²) >= 11 is 6.03. The lowest BCUT2D eigenvalue weighted by atomic mass is 10.2. The van der Waals surface area contributed by atoms with Gasteiger partial charge in [0.2, 0.25) is 0 Å². The van der Waals surface area contributed by atoms with E-state index in [1.165, 1.54) is 0 Å². The SMILES string of the molecule is Cn1ccc(CNCC(O)COCc2ccccc2Cl)n1. The third-order valence-electron chi connectivity index (χ3n) is 2.98. The van der Waals surface area contributed by atoms with Crippen LogP contribution in [-0.4, -0.2) is 34.1 Å². The van der Waals surface area contributed by atoms with Crippen molar-refractivity contribution in [1.82, 2.24) is 15.1 Å². The molecule has 0 aliphatic carbocycles. The van der Waals surface area contributed by atoms with Crippen molar-refractivity contribution in [2.24, 2.45) is 7.05 Å². The molecule has 0 fully saturated rings. The number of ether oxygens (including phenoxy) is 1. The molecule has 2 aromatic rings. The molecule has 1 aromatic carbocycles. The number of rotatable bonds is 8. The highest BCUT2D eigenvalue weighted by Crippen LogP contribution is 2.15. The lowest BCUT2D eigenvalue weighted by Gasteiger charge is -2.12. The zero-order valence-corrected chi connectivity index (χ0v) is 12.8. The normalized spacial score (nSPS) is 12.5.